The minimum absolute atomic E-state index is 0.0438. The lowest BCUT2D eigenvalue weighted by atomic mass is 9.85. The fourth-order valence-corrected chi connectivity index (χ4v) is 3.65. The summed E-state index contributed by atoms with van der Waals surface area (Å²) in [6.45, 7) is 4.24. The first-order valence-electron chi connectivity index (χ1n) is 9.34. The molecule has 1 saturated heterocycles. The van der Waals surface area contributed by atoms with Crippen LogP contribution in [0, 0.1) is 5.41 Å². The molecule has 8 heteroatoms. The molecule has 2 heterocycles. The average Bonchev–Trinajstić information content (AvgIpc) is 3.20. The Morgan fingerprint density at radius 3 is 2.68 bits per heavy atom. The van der Waals surface area contributed by atoms with Crippen molar-refractivity contribution in [3.63, 3.8) is 0 Å². The van der Waals surface area contributed by atoms with Crippen molar-refractivity contribution in [1.82, 2.24) is 20.4 Å². The van der Waals surface area contributed by atoms with Crippen LogP contribution in [0.4, 0.5) is 0 Å². The highest BCUT2D eigenvalue weighted by Crippen LogP contribution is 2.31. The molecular formula is C20H26N4O4. The third kappa shape index (κ3) is 4.95. The highest BCUT2D eigenvalue weighted by atomic mass is 16.5. The lowest BCUT2D eigenvalue weighted by Crippen LogP contribution is -2.38. The molecule has 0 aliphatic carbocycles. The standard InChI is InChI=1S/C20H26N4O4/c1-20(2,11-17(26)27)10-16(25)21-14-9-15(24(3)12-14)19-22-18(23-28-19)13-7-5-4-6-8-13/h4-8,14-15H,9-12H2,1-3H3,(H,21,25)(H,26,27). The van der Waals surface area contributed by atoms with Gasteiger partial charge in [0.1, 0.15) is 0 Å². The van der Waals surface area contributed by atoms with Crippen LogP contribution in [0.5, 0.6) is 0 Å². The van der Waals surface area contributed by atoms with Crippen LogP contribution in [-0.2, 0) is 9.59 Å². The number of likely N-dealkylation sites (N-methyl/N-ethyl adjacent to an activating group) is 1. The van der Waals surface area contributed by atoms with E-state index in [0.717, 1.165) is 5.56 Å². The Kier molecular flexibility index (Phi) is 5.79. The number of amides is 1. The first-order chi connectivity index (χ1) is 13.2. The smallest absolute Gasteiger partial charge is 0.303 e. The van der Waals surface area contributed by atoms with E-state index >= 15 is 0 Å². The maximum Gasteiger partial charge on any atom is 0.303 e. The predicted molar refractivity (Wildman–Crippen MR) is 102 cm³/mol. The van der Waals surface area contributed by atoms with Crippen molar-refractivity contribution >= 4 is 11.9 Å². The number of likely N-dealkylation sites (tertiary alicyclic amines) is 1. The van der Waals surface area contributed by atoms with E-state index in [1.165, 1.54) is 0 Å². The van der Waals surface area contributed by atoms with Crippen LogP contribution in [0.25, 0.3) is 11.4 Å². The molecule has 0 spiro atoms. The Morgan fingerprint density at radius 1 is 1.29 bits per heavy atom. The topological polar surface area (TPSA) is 109 Å². The summed E-state index contributed by atoms with van der Waals surface area (Å²) < 4.78 is 5.47. The molecule has 2 N–H and O–H groups in total. The Morgan fingerprint density at radius 2 is 2.00 bits per heavy atom. The van der Waals surface area contributed by atoms with Gasteiger partial charge in [-0.2, -0.15) is 4.98 Å². The van der Waals surface area contributed by atoms with Crippen molar-refractivity contribution in [2.24, 2.45) is 5.41 Å². The zero-order chi connectivity index (χ0) is 20.3. The van der Waals surface area contributed by atoms with Gasteiger partial charge in [-0.1, -0.05) is 49.3 Å². The number of carboxylic acid groups (broad SMARTS) is 1. The van der Waals surface area contributed by atoms with E-state index in [2.05, 4.69) is 20.4 Å². The monoisotopic (exact) mass is 386 g/mol. The number of hydrogen-bond acceptors (Lipinski definition) is 6. The summed E-state index contributed by atoms with van der Waals surface area (Å²) in [6, 6.07) is 9.51. The number of carbonyl (C=O) groups excluding carboxylic acids is 1. The molecule has 2 unspecified atom stereocenters. The van der Waals surface area contributed by atoms with Crippen LogP contribution in [-0.4, -0.2) is 51.7 Å². The summed E-state index contributed by atoms with van der Waals surface area (Å²) in [7, 11) is 1.96. The molecule has 1 amide bonds. The normalized spacial score (nSPS) is 20.2. The van der Waals surface area contributed by atoms with E-state index in [4.69, 9.17) is 9.63 Å². The third-order valence-corrected chi connectivity index (χ3v) is 4.94. The van der Waals surface area contributed by atoms with Gasteiger partial charge < -0.3 is 14.9 Å². The van der Waals surface area contributed by atoms with Gasteiger partial charge in [0.15, 0.2) is 0 Å². The Balaban J connectivity index is 1.60. The summed E-state index contributed by atoms with van der Waals surface area (Å²) in [6.07, 6.45) is 0.790. The minimum Gasteiger partial charge on any atom is -0.481 e. The van der Waals surface area contributed by atoms with Crippen molar-refractivity contribution < 1.29 is 19.2 Å². The Bertz CT molecular complexity index is 834. The molecule has 28 heavy (non-hydrogen) atoms. The summed E-state index contributed by atoms with van der Waals surface area (Å²) in [5.41, 5.74) is 0.306. The van der Waals surface area contributed by atoms with Crippen LogP contribution in [0.2, 0.25) is 0 Å². The van der Waals surface area contributed by atoms with Gasteiger partial charge in [-0.05, 0) is 18.9 Å². The second kappa shape index (κ2) is 8.10. The maximum atomic E-state index is 12.4. The summed E-state index contributed by atoms with van der Waals surface area (Å²) in [4.78, 5) is 29.9. The second-order valence-corrected chi connectivity index (χ2v) is 8.19. The van der Waals surface area contributed by atoms with Crippen molar-refractivity contribution in [1.29, 1.82) is 0 Å². The van der Waals surface area contributed by atoms with Gasteiger partial charge in [-0.3, -0.25) is 14.5 Å². The number of rotatable bonds is 7. The second-order valence-electron chi connectivity index (χ2n) is 8.19. The molecule has 0 bridgehead atoms. The van der Waals surface area contributed by atoms with Crippen LogP contribution >= 0.6 is 0 Å². The zero-order valence-electron chi connectivity index (χ0n) is 16.4. The maximum absolute atomic E-state index is 12.4. The van der Waals surface area contributed by atoms with Crippen molar-refractivity contribution in [3.05, 3.63) is 36.2 Å². The summed E-state index contributed by atoms with van der Waals surface area (Å²) in [5.74, 6) is 0.0427. The minimum atomic E-state index is -0.899. The fraction of sp³-hybridized carbons (Fsp3) is 0.500. The third-order valence-electron chi connectivity index (χ3n) is 4.94. The van der Waals surface area contributed by atoms with E-state index in [1.54, 1.807) is 13.8 Å². The van der Waals surface area contributed by atoms with Gasteiger partial charge in [0, 0.05) is 24.6 Å². The van der Waals surface area contributed by atoms with Crippen molar-refractivity contribution in [2.75, 3.05) is 13.6 Å². The van der Waals surface area contributed by atoms with E-state index in [9.17, 15) is 9.59 Å². The molecule has 2 atom stereocenters. The first-order valence-corrected chi connectivity index (χ1v) is 9.34. The largest absolute Gasteiger partial charge is 0.481 e. The van der Waals surface area contributed by atoms with Gasteiger partial charge in [0.2, 0.25) is 17.6 Å². The molecule has 1 aromatic carbocycles. The quantitative estimate of drug-likeness (QED) is 0.752. The molecule has 2 aromatic rings. The molecule has 0 saturated carbocycles. The molecule has 150 valence electrons. The lowest BCUT2D eigenvalue weighted by Gasteiger charge is -2.22. The van der Waals surface area contributed by atoms with Gasteiger partial charge in [0.05, 0.1) is 12.5 Å². The molecule has 1 fully saturated rings. The van der Waals surface area contributed by atoms with Crippen LogP contribution in [0.1, 0.15) is 45.0 Å². The number of carboxylic acids is 1. The van der Waals surface area contributed by atoms with Crippen LogP contribution in [0.3, 0.4) is 0 Å². The zero-order valence-corrected chi connectivity index (χ0v) is 16.4. The number of aromatic nitrogens is 2. The molecule has 1 aromatic heterocycles. The van der Waals surface area contributed by atoms with Gasteiger partial charge in [0.25, 0.3) is 0 Å². The average molecular weight is 386 g/mol. The SMILES string of the molecule is CN1CC(NC(=O)CC(C)(C)CC(=O)O)CC1c1nc(-c2ccccc2)no1. The van der Waals surface area contributed by atoms with Crippen LogP contribution in [0.15, 0.2) is 34.9 Å². The summed E-state index contributed by atoms with van der Waals surface area (Å²) in [5, 5.41) is 16.0. The van der Waals surface area contributed by atoms with Gasteiger partial charge >= 0.3 is 5.97 Å². The van der Waals surface area contributed by atoms with E-state index < -0.39 is 11.4 Å². The van der Waals surface area contributed by atoms with E-state index in [0.29, 0.717) is 24.7 Å². The van der Waals surface area contributed by atoms with Gasteiger partial charge in [-0.25, -0.2) is 0 Å². The number of aliphatic carboxylic acids is 1. The van der Waals surface area contributed by atoms with Crippen molar-refractivity contribution in [3.8, 4) is 11.4 Å². The number of nitrogens with one attached hydrogen (secondary N) is 1. The predicted octanol–water partition coefficient (Wildman–Crippen LogP) is 2.49. The first kappa shape index (κ1) is 20.0. The molecule has 1 aliphatic heterocycles. The molecule has 1 aliphatic rings. The van der Waals surface area contributed by atoms with E-state index in [-0.39, 0.29) is 30.8 Å². The van der Waals surface area contributed by atoms with Gasteiger partial charge in [-0.15, -0.1) is 0 Å². The number of benzene rings is 1. The highest BCUT2D eigenvalue weighted by molar-refractivity contribution is 5.78. The molecule has 3 rings (SSSR count). The van der Waals surface area contributed by atoms with Crippen LogP contribution < -0.4 is 5.32 Å². The van der Waals surface area contributed by atoms with Crippen molar-refractivity contribution in [2.45, 2.75) is 45.2 Å². The number of carbonyl (C=O) groups is 2. The number of hydrogen-bond donors (Lipinski definition) is 2. The Labute approximate surface area is 163 Å². The fourth-order valence-electron chi connectivity index (χ4n) is 3.65. The molecule has 0 radical (unpaired) electrons. The molecule has 8 nitrogen and oxygen atoms in total. The van der Waals surface area contributed by atoms with E-state index in [1.807, 2.05) is 37.4 Å². The Hall–Kier alpha value is -2.74. The highest BCUT2D eigenvalue weighted by Gasteiger charge is 2.36. The lowest BCUT2D eigenvalue weighted by molar-refractivity contribution is -0.139. The summed E-state index contributed by atoms with van der Waals surface area (Å²) >= 11 is 0. The molecular weight excluding hydrogens is 360 g/mol. The number of nitrogens with zero attached hydrogens (tertiary/aromatic N) is 3.